The van der Waals surface area contributed by atoms with Crippen LogP contribution in [0.2, 0.25) is 0 Å². The lowest BCUT2D eigenvalue weighted by atomic mass is 9.96. The summed E-state index contributed by atoms with van der Waals surface area (Å²) < 4.78 is 0. The van der Waals surface area contributed by atoms with Gasteiger partial charge >= 0.3 is 0 Å². The fourth-order valence-corrected chi connectivity index (χ4v) is 3.12. The maximum atomic E-state index is 12.9. The first-order chi connectivity index (χ1) is 12.2. The number of hydrogen-bond acceptors (Lipinski definition) is 5. The molecule has 25 heavy (non-hydrogen) atoms. The third-order valence-corrected chi connectivity index (χ3v) is 4.40. The van der Waals surface area contributed by atoms with E-state index in [1.807, 2.05) is 55.6 Å². The molecule has 0 saturated carbocycles. The lowest BCUT2D eigenvalue weighted by Crippen LogP contribution is -2.35. The number of para-hydroxylation sites is 1. The largest absolute Gasteiger partial charge is 0.396 e. The Morgan fingerprint density at radius 3 is 2.52 bits per heavy atom. The number of nitrogens with one attached hydrogen (secondary N) is 2. The van der Waals surface area contributed by atoms with Crippen molar-refractivity contribution in [3.8, 4) is 0 Å². The highest BCUT2D eigenvalue weighted by Gasteiger charge is 2.25. The van der Waals surface area contributed by atoms with Crippen LogP contribution in [-0.4, -0.2) is 19.5 Å². The first kappa shape index (κ1) is 17.0. The molecule has 6 N–H and O–H groups in total. The normalized spacial score (nSPS) is 16.5. The highest BCUT2D eigenvalue weighted by atomic mass is 16.2. The van der Waals surface area contributed by atoms with Gasteiger partial charge in [-0.05, 0) is 18.7 Å². The first-order valence-corrected chi connectivity index (χ1v) is 8.26. The van der Waals surface area contributed by atoms with Crippen molar-refractivity contribution in [3.05, 3.63) is 65.2 Å². The molecule has 0 unspecified atom stereocenters. The molecule has 3 rings (SSSR count). The van der Waals surface area contributed by atoms with E-state index in [9.17, 15) is 4.79 Å². The number of carbonyl (C=O) groups excluding carboxylic acids is 1. The van der Waals surface area contributed by atoms with E-state index in [-0.39, 0.29) is 5.91 Å². The van der Waals surface area contributed by atoms with E-state index >= 15 is 0 Å². The van der Waals surface area contributed by atoms with Crippen molar-refractivity contribution in [3.63, 3.8) is 0 Å². The molecular formula is C19H23N5O. The Morgan fingerprint density at radius 2 is 1.80 bits per heavy atom. The summed E-state index contributed by atoms with van der Waals surface area (Å²) in [5.41, 5.74) is 13.8. The van der Waals surface area contributed by atoms with Crippen LogP contribution in [0.15, 0.2) is 48.5 Å². The minimum Gasteiger partial charge on any atom is -0.396 e. The van der Waals surface area contributed by atoms with Gasteiger partial charge in [-0.3, -0.25) is 10.6 Å². The zero-order valence-corrected chi connectivity index (χ0v) is 14.3. The minimum atomic E-state index is 0.0495. The molecule has 0 atom stereocenters. The molecular weight excluding hydrogens is 314 g/mol. The number of anilines is 1. The molecule has 1 aliphatic heterocycles. The summed E-state index contributed by atoms with van der Waals surface area (Å²) >= 11 is 0. The van der Waals surface area contributed by atoms with Crippen LogP contribution >= 0.6 is 0 Å². The molecule has 0 saturated heterocycles. The Hall–Kier alpha value is -2.83. The molecule has 2 aromatic carbocycles. The Kier molecular flexibility index (Phi) is 5.02. The highest BCUT2D eigenvalue weighted by Crippen LogP contribution is 2.34. The van der Waals surface area contributed by atoms with E-state index in [0.717, 1.165) is 22.4 Å². The number of rotatable bonds is 4. The summed E-state index contributed by atoms with van der Waals surface area (Å²) in [4.78, 5) is 14.7. The van der Waals surface area contributed by atoms with Gasteiger partial charge in [0.2, 0.25) is 5.91 Å². The number of hydrogen-bond donors (Lipinski definition) is 4. The fraction of sp³-hybridized carbons (Fsp3) is 0.211. The van der Waals surface area contributed by atoms with Gasteiger partial charge in [0.05, 0.1) is 23.6 Å². The fourth-order valence-electron chi connectivity index (χ4n) is 3.12. The minimum absolute atomic E-state index is 0.0495. The summed E-state index contributed by atoms with van der Waals surface area (Å²) in [5.74, 6) is 5.84. The Morgan fingerprint density at radius 1 is 1.12 bits per heavy atom. The maximum absolute atomic E-state index is 12.9. The van der Waals surface area contributed by atoms with Crippen LogP contribution in [0.4, 0.5) is 5.69 Å². The van der Waals surface area contributed by atoms with Crippen molar-refractivity contribution in [2.75, 3.05) is 18.5 Å². The van der Waals surface area contributed by atoms with Crippen molar-refractivity contribution < 1.29 is 4.79 Å². The van der Waals surface area contributed by atoms with Gasteiger partial charge in [-0.1, -0.05) is 42.5 Å². The van der Waals surface area contributed by atoms with Crippen molar-refractivity contribution in [1.82, 2.24) is 10.7 Å². The molecule has 6 nitrogen and oxygen atoms in total. The van der Waals surface area contributed by atoms with Gasteiger partial charge < -0.3 is 21.4 Å². The molecule has 130 valence electrons. The molecule has 1 heterocycles. The van der Waals surface area contributed by atoms with E-state index in [2.05, 4.69) is 10.7 Å². The van der Waals surface area contributed by atoms with E-state index in [1.165, 1.54) is 0 Å². The van der Waals surface area contributed by atoms with Crippen LogP contribution in [0.1, 0.15) is 23.1 Å². The van der Waals surface area contributed by atoms with Crippen LogP contribution in [0.5, 0.6) is 0 Å². The molecule has 0 radical (unpaired) electrons. The molecule has 0 spiro atoms. The smallest absolute Gasteiger partial charge is 0.228 e. The topological polar surface area (TPSA) is 96.4 Å². The predicted octanol–water partition coefficient (Wildman–Crippen LogP) is 1.39. The molecule has 1 aliphatic rings. The average molecular weight is 337 g/mol. The van der Waals surface area contributed by atoms with Gasteiger partial charge in [0, 0.05) is 24.1 Å². The number of amides is 1. The number of nitrogens with zero attached hydrogens (tertiary/aromatic N) is 1. The molecule has 0 fully saturated rings. The quantitative estimate of drug-likeness (QED) is 0.499. The van der Waals surface area contributed by atoms with E-state index in [0.29, 0.717) is 30.9 Å². The van der Waals surface area contributed by atoms with Gasteiger partial charge in [0.1, 0.15) is 0 Å². The summed E-state index contributed by atoms with van der Waals surface area (Å²) in [5, 5.41) is 3.03. The summed E-state index contributed by atoms with van der Waals surface area (Å²) in [6.45, 7) is 1.09. The second-order valence-corrected chi connectivity index (χ2v) is 5.94. The monoisotopic (exact) mass is 337 g/mol. The number of carbonyl (C=O) groups is 1. The van der Waals surface area contributed by atoms with E-state index in [1.54, 1.807) is 4.90 Å². The summed E-state index contributed by atoms with van der Waals surface area (Å²) in [6, 6.07) is 15.5. The molecule has 0 bridgehead atoms. The Balaban J connectivity index is 2.20. The van der Waals surface area contributed by atoms with E-state index < -0.39 is 0 Å². The molecule has 1 amide bonds. The van der Waals surface area contributed by atoms with Crippen LogP contribution in [-0.2, 0) is 11.3 Å². The van der Waals surface area contributed by atoms with Crippen molar-refractivity contribution >= 4 is 23.0 Å². The zero-order valence-electron chi connectivity index (χ0n) is 14.3. The number of benzene rings is 2. The second-order valence-electron chi connectivity index (χ2n) is 5.94. The lowest BCUT2D eigenvalue weighted by molar-refractivity contribution is -0.118. The van der Waals surface area contributed by atoms with Crippen LogP contribution in [0.3, 0.4) is 0 Å². The lowest BCUT2D eigenvalue weighted by Gasteiger charge is -2.30. The number of hydrazine groups is 1. The van der Waals surface area contributed by atoms with Crippen molar-refractivity contribution in [2.24, 2.45) is 11.6 Å². The Labute approximate surface area is 147 Å². The molecule has 6 heteroatoms. The standard InChI is InChI=1S/C19H23N5O/c1-22-11-10-17(25)24-12-13-6-2-3-7-14(13)18(20)19(23-21)15-8-4-5-9-16(15)24/h2-9,22-23H,10-12,20-21H2,1H3/b19-18-. The van der Waals surface area contributed by atoms with Crippen LogP contribution < -0.4 is 27.2 Å². The van der Waals surface area contributed by atoms with E-state index in [4.69, 9.17) is 11.6 Å². The average Bonchev–Trinajstić information content (AvgIpc) is 2.64. The van der Waals surface area contributed by atoms with Gasteiger partial charge in [-0.15, -0.1) is 0 Å². The number of nitrogens with two attached hydrogens (primary N) is 2. The van der Waals surface area contributed by atoms with Crippen LogP contribution in [0.25, 0.3) is 11.4 Å². The highest BCUT2D eigenvalue weighted by molar-refractivity contribution is 6.01. The third kappa shape index (κ3) is 3.22. The molecule has 0 aliphatic carbocycles. The van der Waals surface area contributed by atoms with Gasteiger partial charge in [0.25, 0.3) is 0 Å². The summed E-state index contributed by atoms with van der Waals surface area (Å²) in [7, 11) is 1.84. The van der Waals surface area contributed by atoms with Crippen LogP contribution in [0, 0.1) is 0 Å². The predicted molar refractivity (Wildman–Crippen MR) is 101 cm³/mol. The van der Waals surface area contributed by atoms with Crippen molar-refractivity contribution in [1.29, 1.82) is 0 Å². The van der Waals surface area contributed by atoms with Gasteiger partial charge in [-0.2, -0.15) is 0 Å². The maximum Gasteiger partial charge on any atom is 0.228 e. The van der Waals surface area contributed by atoms with Gasteiger partial charge in [-0.25, -0.2) is 0 Å². The third-order valence-electron chi connectivity index (χ3n) is 4.40. The SMILES string of the molecule is CNCCC(=O)N1Cc2ccccc2/C(N)=C(/NN)c2ccccc21. The first-order valence-electron chi connectivity index (χ1n) is 8.26. The molecule has 2 aromatic rings. The zero-order chi connectivity index (χ0) is 17.8. The summed E-state index contributed by atoms with van der Waals surface area (Å²) in [6.07, 6.45) is 0.414. The molecule has 0 aromatic heterocycles. The second kappa shape index (κ2) is 7.38. The van der Waals surface area contributed by atoms with Crippen molar-refractivity contribution in [2.45, 2.75) is 13.0 Å². The Bertz CT molecular complexity index is 815. The number of fused-ring (bicyclic) bond motifs is 2. The van der Waals surface area contributed by atoms with Gasteiger partial charge in [0.15, 0.2) is 0 Å².